The van der Waals surface area contributed by atoms with Crippen LogP contribution in [0.25, 0.3) is 10.9 Å². The van der Waals surface area contributed by atoms with Crippen LogP contribution in [0.5, 0.6) is 5.75 Å². The van der Waals surface area contributed by atoms with Crippen LogP contribution < -0.4 is 85.9 Å². The van der Waals surface area contributed by atoms with Crippen LogP contribution in [-0.2, 0) is 125 Å². The lowest BCUT2D eigenvalue weighted by Crippen LogP contribution is -2.60. The van der Waals surface area contributed by atoms with Crippen LogP contribution in [0.3, 0.4) is 0 Å². The van der Waals surface area contributed by atoms with E-state index in [1.807, 2.05) is 13.8 Å². The lowest BCUT2D eigenvalue weighted by Gasteiger charge is -2.32. The fraction of sp³-hybridized carbons (Fsp3) is 0.643. The molecule has 3 aliphatic rings. The van der Waals surface area contributed by atoms with Gasteiger partial charge in [-0.05, 0) is 72.9 Å². The number of methoxy groups -OCH3 is 1. The minimum absolute atomic E-state index is 0.0105. The summed E-state index contributed by atoms with van der Waals surface area (Å²) in [5, 5.41) is 70.0. The molecule has 1 unspecified atom stereocenters. The lowest BCUT2D eigenvalue weighted by atomic mass is 9.85. The molecule has 131 heavy (non-hydrogen) atoms. The van der Waals surface area contributed by atoms with E-state index in [-0.39, 0.29) is 81.0 Å². The summed E-state index contributed by atoms with van der Waals surface area (Å²) in [5.41, 5.74) is 20.9. The summed E-state index contributed by atoms with van der Waals surface area (Å²) < 4.78 is 66.1. The molecule has 45 nitrogen and oxygen atoms in total. The van der Waals surface area contributed by atoms with Gasteiger partial charge in [-0.3, -0.25) is 61.7 Å². The number of ketones is 2. The first-order chi connectivity index (χ1) is 62.7. The number of aromatic amines is 1. The number of carbonyl (C=O) groups is 14. The molecule has 0 aliphatic carbocycles. The molecule has 13 amide bonds. The number of aliphatic hydroxyl groups is 3. The predicted octanol–water partition coefficient (Wildman–Crippen LogP) is -3.39. The number of fused-ring (bicyclic) bond motifs is 5. The number of nitrogens with one attached hydrogen (secondary N) is 13. The number of aliphatic hydroxyl groups excluding tert-OH is 3. The number of hydrogen-bond acceptors (Lipinski definition) is 32. The number of nitrogens with two attached hydrogens (primary N) is 3. The van der Waals surface area contributed by atoms with Crippen LogP contribution >= 0.6 is 11.8 Å². The highest BCUT2D eigenvalue weighted by Crippen LogP contribution is 2.38. The third kappa shape index (κ3) is 38.8. The van der Waals surface area contributed by atoms with Crippen molar-refractivity contribution in [3.63, 3.8) is 0 Å². The van der Waals surface area contributed by atoms with Crippen molar-refractivity contribution in [2.75, 3.05) is 169 Å². The number of hydroxylamine groups is 1. The number of primary amides is 2. The Bertz CT molecular complexity index is 4280. The van der Waals surface area contributed by atoms with E-state index in [0.717, 1.165) is 4.90 Å². The quantitative estimate of drug-likeness (QED) is 0.0194. The fourth-order valence-electron chi connectivity index (χ4n) is 14.2. The van der Waals surface area contributed by atoms with Crippen LogP contribution in [0.15, 0.2) is 53.3 Å². The number of carbonyl (C=O) groups excluding carboxylic acids is 14. The summed E-state index contributed by atoms with van der Waals surface area (Å²) in [6, 6.07) is -0.124. The largest absolute Gasteiger partial charge is 0.496 e. The summed E-state index contributed by atoms with van der Waals surface area (Å²) in [7, 11) is -0.988. The van der Waals surface area contributed by atoms with Gasteiger partial charge in [-0.25, -0.2) is 9.59 Å². The first kappa shape index (κ1) is 109. The van der Waals surface area contributed by atoms with E-state index in [0.29, 0.717) is 131 Å². The van der Waals surface area contributed by atoms with Gasteiger partial charge in [0.05, 0.1) is 179 Å². The average Bonchev–Trinajstić information content (AvgIpc) is 1.60. The number of Topliss-reactive ketones (excluding diaryl/α,β-unsaturated/α-hetero) is 2. The molecule has 0 radical (unpaired) electrons. The average molecular weight is 1890 g/mol. The molecular formula is C84H131N17O28S2. The van der Waals surface area contributed by atoms with Gasteiger partial charge in [0.25, 0.3) is 0 Å². The normalized spacial score (nSPS) is 20.5. The van der Waals surface area contributed by atoms with Crippen molar-refractivity contribution in [2.24, 2.45) is 46.8 Å². The van der Waals surface area contributed by atoms with Crippen LogP contribution in [0, 0.1) is 29.6 Å². The summed E-state index contributed by atoms with van der Waals surface area (Å²) in [5.74, 6) is -14.2. The Morgan fingerprint density at radius 2 is 1.34 bits per heavy atom. The third-order valence-corrected chi connectivity index (χ3v) is 23.8. The smallest absolute Gasteiger partial charge is 0.407 e. The van der Waals surface area contributed by atoms with E-state index in [1.54, 1.807) is 55.7 Å². The predicted molar refractivity (Wildman–Crippen MR) is 475 cm³/mol. The van der Waals surface area contributed by atoms with Gasteiger partial charge in [0.15, 0.2) is 11.6 Å². The zero-order chi connectivity index (χ0) is 95.9. The number of benzene rings is 2. The van der Waals surface area contributed by atoms with E-state index in [4.69, 9.17) is 65.0 Å². The maximum atomic E-state index is 15.4. The van der Waals surface area contributed by atoms with Crippen molar-refractivity contribution in [1.82, 2.24) is 68.5 Å². The van der Waals surface area contributed by atoms with E-state index in [2.05, 4.69) is 63.5 Å². The van der Waals surface area contributed by atoms with Crippen LogP contribution in [0.2, 0.25) is 0 Å². The van der Waals surface area contributed by atoms with Crippen LogP contribution in [0.1, 0.15) is 103 Å². The molecule has 3 aliphatic heterocycles. The van der Waals surface area contributed by atoms with Crippen molar-refractivity contribution in [3.8, 4) is 5.75 Å². The molecule has 4 heterocycles. The van der Waals surface area contributed by atoms with Gasteiger partial charge < -0.3 is 149 Å². The lowest BCUT2D eigenvalue weighted by molar-refractivity contribution is -0.144. The summed E-state index contributed by atoms with van der Waals surface area (Å²) in [6.45, 7) is 10.2. The van der Waals surface area contributed by atoms with Gasteiger partial charge in [-0.2, -0.15) is 17.2 Å². The molecule has 13 atom stereocenters. The van der Waals surface area contributed by atoms with Gasteiger partial charge in [-0.15, -0.1) is 0 Å². The number of hydrogen-bond donors (Lipinski definition) is 20. The van der Waals surface area contributed by atoms with Gasteiger partial charge in [0.1, 0.15) is 47.6 Å². The molecule has 47 heteroatoms. The number of rotatable bonds is 52. The Morgan fingerprint density at radius 1 is 0.710 bits per heavy atom. The Labute approximate surface area is 766 Å². The number of urea groups is 1. The highest BCUT2D eigenvalue weighted by atomic mass is 32.2. The molecule has 1 fully saturated rings. The highest BCUT2D eigenvalue weighted by molar-refractivity contribution is 7.98. The van der Waals surface area contributed by atoms with Crippen molar-refractivity contribution >= 4 is 122 Å². The summed E-state index contributed by atoms with van der Waals surface area (Å²) in [6.07, 6.45) is -4.03. The summed E-state index contributed by atoms with van der Waals surface area (Å²) >= 11 is 1.44. The maximum Gasteiger partial charge on any atom is 0.407 e. The molecule has 0 spiro atoms. The Kier molecular flexibility index (Phi) is 49.5. The maximum absolute atomic E-state index is 15.4. The van der Waals surface area contributed by atoms with Crippen molar-refractivity contribution in [1.29, 1.82) is 0 Å². The molecule has 0 saturated carbocycles. The summed E-state index contributed by atoms with van der Waals surface area (Å²) in [4.78, 5) is 195. The monoisotopic (exact) mass is 1890 g/mol. The molecular weight excluding hydrogens is 1760 g/mol. The molecule has 2 aromatic carbocycles. The number of H-pyrrole nitrogens is 1. The fourth-order valence-corrected chi connectivity index (χ4v) is 16.4. The van der Waals surface area contributed by atoms with Gasteiger partial charge in [0.2, 0.25) is 59.1 Å². The molecule has 2 bridgehead atoms. The highest BCUT2D eigenvalue weighted by Gasteiger charge is 2.46. The number of thioether (sulfide) groups is 1. The van der Waals surface area contributed by atoms with Gasteiger partial charge in [-0.1, -0.05) is 53.2 Å². The molecule has 6 rings (SSSR count). The van der Waals surface area contributed by atoms with Gasteiger partial charge in [0, 0.05) is 96.7 Å². The molecule has 23 N–H and O–H groups in total. The number of amides is 13. The second-order valence-electron chi connectivity index (χ2n) is 31.9. The van der Waals surface area contributed by atoms with E-state index in [1.165, 1.54) is 32.0 Å². The number of nitrogens with zero attached hydrogens (tertiary/aromatic N) is 1. The Hall–Kier alpha value is -10.3. The first-order valence-electron chi connectivity index (χ1n) is 43.5. The number of alkyl carbamates (subject to hydrolysis) is 1. The SMILES string of the molecule is CC[C@H](C)[C@@H]1CC(=O)CNC(=O)[C@H]2CC(=O)[C@H]([C@@H](C)[C@@H](O)CO)NC(=O)[C@@H]3C[C@@H](O)CN3C(=O)[C@H](CC(N)=O)NC(=O)[C@H](CS(=O)c3[nH]c4c(CSCCOCCOCCOCCOCCOCCOCCOCCN/C=C(\N)CNC(=O)OCc5ccc(NC(=O)[C@@H](CCCNC(N)=O)NC(=O)[C@H](CC(C)C)NC(=O)CNO)cc5)c(OC)ccc4c3C2)NC(=O)CNC1=O. The van der Waals surface area contributed by atoms with Crippen LogP contribution in [0.4, 0.5) is 15.3 Å². The van der Waals surface area contributed by atoms with Crippen molar-refractivity contribution in [2.45, 2.75) is 158 Å². The number of anilines is 1. The van der Waals surface area contributed by atoms with E-state index >= 15 is 9.00 Å². The minimum atomic E-state index is -2.43. The molecule has 1 aromatic heterocycles. The molecule has 1 saturated heterocycles. The zero-order valence-electron chi connectivity index (χ0n) is 74.9. The first-order valence-corrected chi connectivity index (χ1v) is 46.0. The van der Waals surface area contributed by atoms with E-state index in [9.17, 15) is 77.6 Å². The van der Waals surface area contributed by atoms with Crippen molar-refractivity contribution < 1.29 is 134 Å². The standard InChI is InChI=1S/C84H131N17O28S2/c1-7-50(4)59-36-56(103)41-90-75(110)53-34-60-58-14-15-69(121-6)61(74(58)100-81(60)131(120)48-65(96-71(108)42-91-76(59)111)79(114)98-64(38-70(86)107)82(116)101-44-57(104)37-66(101)80(115)99-73(67(105)35-53)51(5)68(106)45-102)47-130-32-31-128-30-29-127-28-27-126-26-25-125-24-23-124-22-21-123-20-19-122-18-17-88-39-54(85)40-92-84(118)129-46-52-10-12-55(13-11-52)94-77(112)62(9-8-16-89-83(87)117)97-78(113)63(33-49(2)3)95-72(109)43-93-119/h10-15,39,49-51,53,57,59,62-66,68,73,88,93,100,102,104,106,119H,7-9,16-38,40-48,85H2,1-6H3,(H2,86,107)(H,90,110)(H,91,111)(H,92,118)(H,94,112)(H,95,109)(H,96,108)(H,97,113)(H,98,114)(H,99,115)(H3,87,89,117)/b54-39-/t50-,51-,53+,57+,59-,62+,63-,64-,65-,66-,68-,73-,131?/m0/s1. The van der Waals surface area contributed by atoms with E-state index < -0.39 is 236 Å². The number of aromatic nitrogens is 1. The Balaban J connectivity index is 0.897. The third-order valence-electron chi connectivity index (χ3n) is 21.4. The van der Waals surface area contributed by atoms with Crippen molar-refractivity contribution in [3.05, 3.63) is 65.0 Å². The van der Waals surface area contributed by atoms with Gasteiger partial charge >= 0.3 is 12.1 Å². The Morgan fingerprint density at radius 3 is 1.95 bits per heavy atom. The second-order valence-corrected chi connectivity index (χ2v) is 34.4. The minimum Gasteiger partial charge on any atom is -0.496 e. The molecule has 3 aromatic rings. The molecule has 732 valence electrons. The zero-order valence-corrected chi connectivity index (χ0v) is 76.5. The number of ether oxygens (including phenoxy) is 9. The van der Waals surface area contributed by atoms with Crippen LogP contribution in [-0.4, -0.2) is 329 Å². The second kappa shape index (κ2) is 59.3. The topological polar surface area (TPSA) is 661 Å².